The van der Waals surface area contributed by atoms with Crippen LogP contribution < -0.4 is 77.4 Å². The molecule has 2 heterocycles. The number of ether oxygens (including phenoxy) is 1. The summed E-state index contributed by atoms with van der Waals surface area (Å²) in [6, 6.07) is -6.25. The minimum Gasteiger partial charge on any atom is -0.477 e. The van der Waals surface area contributed by atoms with Gasteiger partial charge in [-0.25, -0.2) is 9.78 Å². The van der Waals surface area contributed by atoms with Crippen LogP contribution >= 0.6 is 0 Å². The number of likely N-dealkylation sites (tertiary alicyclic amines) is 1. The molecule has 2 fully saturated rings. The molecule has 1 aromatic heterocycles. The van der Waals surface area contributed by atoms with Gasteiger partial charge in [0, 0.05) is 43.5 Å². The number of imidazole rings is 1. The van der Waals surface area contributed by atoms with Crippen LogP contribution in [0.4, 0.5) is 0 Å². The van der Waals surface area contributed by atoms with E-state index in [1.54, 1.807) is 13.8 Å². The third-order valence-corrected chi connectivity index (χ3v) is 12.9. The van der Waals surface area contributed by atoms with E-state index in [0.717, 1.165) is 12.8 Å². The Morgan fingerprint density at radius 1 is 0.908 bits per heavy atom. The second-order valence-corrected chi connectivity index (χ2v) is 19.3. The molecule has 29 heteroatoms. The molecule has 1 saturated carbocycles. The van der Waals surface area contributed by atoms with Crippen molar-refractivity contribution in [2.75, 3.05) is 59.2 Å². The largest absolute Gasteiger partial charge is 0.477 e. The monoisotopic (exact) mass is 1080 g/mol. The number of H-pyrrole nitrogens is 1. The Bertz CT molecular complexity index is 2110. The number of aromatic nitrogens is 2. The molecule has 1 aliphatic carbocycles. The van der Waals surface area contributed by atoms with Gasteiger partial charge in [0.15, 0.2) is 5.96 Å². The standard InChI is InChI=1S/C47H84N18O11/c1-27(2)37(63-42(71)38(35(66)21-51)59-26-76-24-28(52)10-3-5-15-48)41(70)57-23-36(67)60-31(12-7-17-50)43(72)65-19-9-14-34(65)40(69)64-47(20-29(47)33-22-55-25-58-33)45(75)62-30(11-4-6-16-49)39(68)61-32(44(73)74)13-8-18-56-46(53)54/h13,22,25,27-31,34-35,37-38,59,66H,3-12,14-21,23-24,26,48-52H2,1-2H3,(H,55,58)(H,57,70)(H,60,67)(H,61,68)(H,62,75)(H,63,71)(H,64,69)(H,73,74)(H4,53,54,56)/b32-13-/t28-,29-,30-,31+,34-,35-,37-,38-,47?/m0/s1. The van der Waals surface area contributed by atoms with Gasteiger partial charge in [0.2, 0.25) is 41.4 Å². The van der Waals surface area contributed by atoms with Crippen LogP contribution in [0.5, 0.6) is 0 Å². The summed E-state index contributed by atoms with van der Waals surface area (Å²) in [4.78, 5) is 121. The number of aliphatic imine (C=N–C) groups is 1. The molecule has 9 atom stereocenters. The molecule has 29 nitrogen and oxygen atoms in total. The van der Waals surface area contributed by atoms with Crippen molar-refractivity contribution in [2.45, 2.75) is 145 Å². The average Bonchev–Trinajstić information content (AvgIpc) is 3.67. The number of hydrogen-bond acceptors (Lipinski definition) is 18. The van der Waals surface area contributed by atoms with Gasteiger partial charge in [-0.3, -0.25) is 43.9 Å². The summed E-state index contributed by atoms with van der Waals surface area (Å²) < 4.78 is 5.57. The molecule has 0 aromatic carbocycles. The number of hydrogen-bond donors (Lipinski definition) is 17. The number of guanidine groups is 1. The summed E-state index contributed by atoms with van der Waals surface area (Å²) in [7, 11) is 0. The normalized spacial score (nSPS) is 19.5. The predicted octanol–water partition coefficient (Wildman–Crippen LogP) is -5.71. The Kier molecular flexibility index (Phi) is 27.7. The summed E-state index contributed by atoms with van der Waals surface area (Å²) in [5.41, 5.74) is 37.9. The molecule has 24 N–H and O–H groups in total. The molecule has 1 aromatic rings. The number of carboxylic acids is 1. The van der Waals surface area contributed by atoms with Crippen LogP contribution in [0.3, 0.4) is 0 Å². The Hall–Kier alpha value is -6.34. The summed E-state index contributed by atoms with van der Waals surface area (Å²) in [6.45, 7) is 3.63. The van der Waals surface area contributed by atoms with E-state index in [4.69, 9.17) is 44.9 Å². The lowest BCUT2D eigenvalue weighted by Crippen LogP contribution is -2.60. The zero-order valence-electron chi connectivity index (χ0n) is 43.7. The quantitative estimate of drug-likeness (QED) is 0.00971. The molecule has 0 spiro atoms. The first kappa shape index (κ1) is 63.9. The lowest BCUT2D eigenvalue weighted by atomic mass is 10.0. The van der Waals surface area contributed by atoms with Crippen LogP contribution in [0.25, 0.3) is 0 Å². The molecule has 1 unspecified atom stereocenters. The SMILES string of the molecule is CC(C)[C@H](NC(=O)[C@@H](NCOC[C@@H](N)CCCCN)[C@@H](O)CN)C(=O)NCC(=O)N[C@H](CCCN)C(=O)N1CCC[C@H]1C(=O)NC1(C(=O)N[C@@H](CCCCN)C(=O)N/C(=C\CCN=C(N)N)C(=O)O)C[C@H]1c1cnc[nH]1. The summed E-state index contributed by atoms with van der Waals surface area (Å²) in [5.74, 6) is -7.87. The second kappa shape index (κ2) is 33.0. The van der Waals surface area contributed by atoms with E-state index in [2.05, 4.69) is 52.2 Å². The number of unbranched alkanes of at least 4 members (excludes halogenated alkanes) is 2. The third-order valence-electron chi connectivity index (χ3n) is 12.9. The summed E-state index contributed by atoms with van der Waals surface area (Å²) >= 11 is 0. The Morgan fingerprint density at radius 2 is 1.59 bits per heavy atom. The van der Waals surface area contributed by atoms with Gasteiger partial charge < -0.3 is 96.9 Å². The van der Waals surface area contributed by atoms with Crippen molar-refractivity contribution >= 4 is 53.3 Å². The van der Waals surface area contributed by atoms with Crippen molar-refractivity contribution < 1.29 is 53.3 Å². The average molecular weight is 1080 g/mol. The third kappa shape index (κ3) is 20.3. The minimum absolute atomic E-state index is 0.0495. The van der Waals surface area contributed by atoms with Crippen LogP contribution in [0.2, 0.25) is 0 Å². The van der Waals surface area contributed by atoms with Crippen LogP contribution in [-0.4, -0.2) is 185 Å². The maximum atomic E-state index is 14.4. The van der Waals surface area contributed by atoms with Gasteiger partial charge in [0.25, 0.3) is 0 Å². The van der Waals surface area contributed by atoms with E-state index < -0.39 is 113 Å². The lowest BCUT2D eigenvalue weighted by molar-refractivity contribution is -0.142. The molecule has 0 radical (unpaired) electrons. The van der Waals surface area contributed by atoms with Gasteiger partial charge in [-0.15, -0.1) is 0 Å². The number of nitrogens with zero attached hydrogens (tertiary/aromatic N) is 3. The maximum absolute atomic E-state index is 14.4. The molecule has 428 valence electrons. The van der Waals surface area contributed by atoms with Gasteiger partial charge in [-0.2, -0.15) is 0 Å². The molecule has 1 aliphatic heterocycles. The van der Waals surface area contributed by atoms with Crippen LogP contribution in [0, 0.1) is 5.92 Å². The smallest absolute Gasteiger partial charge is 0.352 e. The highest BCUT2D eigenvalue weighted by molar-refractivity contribution is 6.02. The Morgan fingerprint density at radius 3 is 2.21 bits per heavy atom. The number of carbonyl (C=O) groups is 8. The zero-order valence-corrected chi connectivity index (χ0v) is 43.7. The highest BCUT2D eigenvalue weighted by Gasteiger charge is 2.63. The van der Waals surface area contributed by atoms with E-state index >= 15 is 0 Å². The molecule has 76 heavy (non-hydrogen) atoms. The lowest BCUT2D eigenvalue weighted by Gasteiger charge is -2.30. The summed E-state index contributed by atoms with van der Waals surface area (Å²) in [5, 5.41) is 38.9. The first-order chi connectivity index (χ1) is 36.2. The Balaban J connectivity index is 1.73. The number of aliphatic hydroxyl groups excluding tert-OH is 1. The summed E-state index contributed by atoms with van der Waals surface area (Å²) in [6.07, 6.45) is 7.15. The van der Waals surface area contributed by atoms with E-state index in [0.29, 0.717) is 44.3 Å². The minimum atomic E-state index is -1.63. The molecule has 3 rings (SSSR count). The molecular formula is C47H84N18O11. The van der Waals surface area contributed by atoms with Gasteiger partial charge in [-0.05, 0) is 96.2 Å². The van der Waals surface area contributed by atoms with Crippen molar-refractivity contribution in [2.24, 2.45) is 51.0 Å². The van der Waals surface area contributed by atoms with Crippen molar-refractivity contribution in [1.29, 1.82) is 0 Å². The number of nitrogens with one attached hydrogen (secondary N) is 8. The van der Waals surface area contributed by atoms with Gasteiger partial charge in [0.1, 0.15) is 41.4 Å². The van der Waals surface area contributed by atoms with Crippen LogP contribution in [0.1, 0.15) is 103 Å². The topological polar surface area (TPSA) is 497 Å². The van der Waals surface area contributed by atoms with Gasteiger partial charge in [0.05, 0.1) is 32.3 Å². The van der Waals surface area contributed by atoms with E-state index in [-0.39, 0.29) is 90.2 Å². The van der Waals surface area contributed by atoms with Crippen LogP contribution in [-0.2, 0) is 43.1 Å². The predicted molar refractivity (Wildman–Crippen MR) is 279 cm³/mol. The van der Waals surface area contributed by atoms with Crippen molar-refractivity contribution in [3.63, 3.8) is 0 Å². The number of aliphatic carboxylic acids is 1. The van der Waals surface area contributed by atoms with Crippen LogP contribution in [0.15, 0.2) is 29.3 Å². The first-order valence-corrected chi connectivity index (χ1v) is 25.9. The molecule has 1 saturated heterocycles. The zero-order chi connectivity index (χ0) is 56.4. The van der Waals surface area contributed by atoms with Crippen molar-refractivity contribution in [3.8, 4) is 0 Å². The Labute approximate surface area is 442 Å². The number of carbonyl (C=O) groups excluding carboxylic acids is 7. The highest BCUT2D eigenvalue weighted by atomic mass is 16.5. The second-order valence-electron chi connectivity index (χ2n) is 19.3. The van der Waals surface area contributed by atoms with Gasteiger partial charge in [-0.1, -0.05) is 26.3 Å². The molecule has 2 aliphatic rings. The molecule has 0 bridgehead atoms. The fourth-order valence-corrected chi connectivity index (χ4v) is 8.62. The van der Waals surface area contributed by atoms with E-state index in [1.165, 1.54) is 23.5 Å². The number of aliphatic hydroxyl groups is 1. The van der Waals surface area contributed by atoms with Crippen molar-refractivity contribution in [1.82, 2.24) is 52.1 Å². The fourth-order valence-electron chi connectivity index (χ4n) is 8.62. The van der Waals surface area contributed by atoms with E-state index in [1.807, 2.05) is 0 Å². The number of rotatable bonds is 37. The molecular weight excluding hydrogens is 993 g/mol. The first-order valence-electron chi connectivity index (χ1n) is 25.9. The number of amides is 7. The maximum Gasteiger partial charge on any atom is 0.352 e. The van der Waals surface area contributed by atoms with E-state index in [9.17, 15) is 48.6 Å². The highest BCUT2D eigenvalue weighted by Crippen LogP contribution is 2.51. The number of nitrogens with two attached hydrogens (primary N) is 7. The number of aromatic amines is 1. The molecule has 7 amide bonds. The number of carboxylic acid groups (broad SMARTS) is 1. The van der Waals surface area contributed by atoms with Gasteiger partial charge >= 0.3 is 5.97 Å². The fraction of sp³-hybridized carbons (Fsp3) is 0.702. The van der Waals surface area contributed by atoms with Crippen molar-refractivity contribution in [3.05, 3.63) is 30.0 Å².